The molecule has 2 N–H and O–H groups in total. The van der Waals surface area contributed by atoms with Crippen LogP contribution in [0.25, 0.3) is 0 Å². The van der Waals surface area contributed by atoms with Gasteiger partial charge in [0.1, 0.15) is 0 Å². The van der Waals surface area contributed by atoms with E-state index in [0.29, 0.717) is 5.75 Å². The van der Waals surface area contributed by atoms with Gasteiger partial charge in [-0.2, -0.15) is 0 Å². The van der Waals surface area contributed by atoms with Crippen molar-refractivity contribution >= 4 is 10.0 Å². The van der Waals surface area contributed by atoms with Gasteiger partial charge in [0.25, 0.3) is 15.2 Å². The number of aromatic nitrogens is 2. The molecule has 0 saturated carbocycles. The molecule has 6 nitrogen and oxygen atoms in total. The van der Waals surface area contributed by atoms with Gasteiger partial charge in [-0.1, -0.05) is 0 Å². The normalized spacial score (nSPS) is 11.2. The van der Waals surface area contributed by atoms with Crippen molar-refractivity contribution in [2.45, 2.75) is 5.16 Å². The van der Waals surface area contributed by atoms with E-state index < -0.39 is 15.2 Å². The summed E-state index contributed by atoms with van der Waals surface area (Å²) >= 11 is 0. The molecule has 0 bridgehead atoms. The molecule has 7 heteroatoms. The quantitative estimate of drug-likeness (QED) is 0.610. The highest BCUT2D eigenvalue weighted by Crippen LogP contribution is 2.06. The molecule has 0 amide bonds. The molecule has 0 radical (unpaired) electrons. The first-order valence-corrected chi connectivity index (χ1v) is 4.47. The number of methoxy groups -OCH3 is 1. The second-order valence-corrected chi connectivity index (χ2v) is 3.41. The first-order valence-electron chi connectivity index (χ1n) is 2.93. The van der Waals surface area contributed by atoms with Crippen LogP contribution in [0.2, 0.25) is 0 Å². The number of hydrogen-bond donors (Lipinski definition) is 1. The molecule has 1 heterocycles. The van der Waals surface area contributed by atoms with Crippen LogP contribution in [0.3, 0.4) is 0 Å². The van der Waals surface area contributed by atoms with E-state index in [2.05, 4.69) is 9.97 Å². The lowest BCUT2D eigenvalue weighted by atomic mass is 10.6. The molecule has 0 aliphatic carbocycles. The summed E-state index contributed by atoms with van der Waals surface area (Å²) in [6.07, 6.45) is 2.46. The largest absolute Gasteiger partial charge is 0.494 e. The van der Waals surface area contributed by atoms with Crippen LogP contribution in [-0.4, -0.2) is 25.5 Å². The number of sulfonamides is 1. The van der Waals surface area contributed by atoms with E-state index in [0.717, 1.165) is 0 Å². The van der Waals surface area contributed by atoms with E-state index in [1.54, 1.807) is 0 Å². The fraction of sp³-hybridized carbons (Fsp3) is 0.200. The molecule has 0 aliphatic rings. The molecule has 12 heavy (non-hydrogen) atoms. The molecule has 1 aromatic rings. The highest BCUT2D eigenvalue weighted by atomic mass is 32.2. The van der Waals surface area contributed by atoms with Crippen LogP contribution in [0.4, 0.5) is 0 Å². The van der Waals surface area contributed by atoms with Crippen molar-refractivity contribution in [1.29, 1.82) is 0 Å². The summed E-state index contributed by atoms with van der Waals surface area (Å²) in [5, 5.41) is 4.34. The van der Waals surface area contributed by atoms with Gasteiger partial charge in [0.05, 0.1) is 19.5 Å². The van der Waals surface area contributed by atoms with Crippen LogP contribution in [0, 0.1) is 0 Å². The van der Waals surface area contributed by atoms with Crippen LogP contribution in [0.5, 0.6) is 5.75 Å². The Bertz CT molecular complexity index is 358. The lowest BCUT2D eigenvalue weighted by Crippen LogP contribution is -2.15. The van der Waals surface area contributed by atoms with Crippen molar-refractivity contribution in [2.24, 2.45) is 5.14 Å². The van der Waals surface area contributed by atoms with Gasteiger partial charge in [-0.15, -0.1) is 0 Å². The van der Waals surface area contributed by atoms with Crippen LogP contribution in [-0.2, 0) is 10.0 Å². The summed E-state index contributed by atoms with van der Waals surface area (Å²) < 4.78 is 26.0. The summed E-state index contributed by atoms with van der Waals surface area (Å²) in [4.78, 5) is 6.94. The van der Waals surface area contributed by atoms with E-state index in [1.807, 2.05) is 0 Å². The lowest BCUT2D eigenvalue weighted by molar-refractivity contribution is 0.408. The number of rotatable bonds is 2. The molecule has 0 atom stereocenters. The number of hydrogen-bond acceptors (Lipinski definition) is 5. The highest BCUT2D eigenvalue weighted by molar-refractivity contribution is 7.89. The highest BCUT2D eigenvalue weighted by Gasteiger charge is 2.10. The smallest absolute Gasteiger partial charge is 0.273 e. The van der Waals surface area contributed by atoms with Crippen LogP contribution < -0.4 is 9.88 Å². The Morgan fingerprint density at radius 2 is 1.92 bits per heavy atom. The maximum absolute atomic E-state index is 10.6. The lowest BCUT2D eigenvalue weighted by Gasteiger charge is -1.98. The zero-order valence-corrected chi connectivity index (χ0v) is 7.08. The fourth-order valence-electron chi connectivity index (χ4n) is 0.557. The van der Waals surface area contributed by atoms with E-state index in [1.165, 1.54) is 19.5 Å². The van der Waals surface area contributed by atoms with Crippen LogP contribution >= 0.6 is 0 Å². The first-order chi connectivity index (χ1) is 5.54. The van der Waals surface area contributed by atoms with Crippen molar-refractivity contribution in [3.8, 4) is 5.75 Å². The SMILES string of the molecule is COc1cnc(S(N)(=O)=O)nc1. The Labute approximate surface area is 69.4 Å². The van der Waals surface area contributed by atoms with Gasteiger partial charge >= 0.3 is 0 Å². The minimum Gasteiger partial charge on any atom is -0.494 e. The third kappa shape index (κ3) is 1.89. The van der Waals surface area contributed by atoms with Crippen molar-refractivity contribution in [3.05, 3.63) is 12.4 Å². The summed E-state index contributed by atoms with van der Waals surface area (Å²) in [5.41, 5.74) is 0. The third-order valence-corrected chi connectivity index (χ3v) is 1.81. The van der Waals surface area contributed by atoms with E-state index >= 15 is 0 Å². The molecular weight excluding hydrogens is 182 g/mol. The van der Waals surface area contributed by atoms with Gasteiger partial charge in [-0.25, -0.2) is 23.5 Å². The summed E-state index contributed by atoms with van der Waals surface area (Å²) in [6, 6.07) is 0. The van der Waals surface area contributed by atoms with Gasteiger partial charge in [0.15, 0.2) is 5.75 Å². The molecule has 1 aromatic heterocycles. The maximum atomic E-state index is 10.6. The summed E-state index contributed by atoms with van der Waals surface area (Å²) in [5.74, 6) is 0.377. The summed E-state index contributed by atoms with van der Waals surface area (Å²) in [7, 11) is -2.38. The Hall–Kier alpha value is -1.21. The van der Waals surface area contributed by atoms with E-state index in [9.17, 15) is 8.42 Å². The van der Waals surface area contributed by atoms with Gasteiger partial charge in [-0.05, 0) is 0 Å². The molecule has 66 valence electrons. The predicted octanol–water partition coefficient (Wildman–Crippen LogP) is -0.867. The number of primary sulfonamides is 1. The second kappa shape index (κ2) is 3.03. The maximum Gasteiger partial charge on any atom is 0.273 e. The Morgan fingerprint density at radius 3 is 2.25 bits per heavy atom. The summed E-state index contributed by atoms with van der Waals surface area (Å²) in [6.45, 7) is 0. The zero-order valence-electron chi connectivity index (χ0n) is 6.26. The molecule has 0 aliphatic heterocycles. The van der Waals surface area contributed by atoms with Gasteiger partial charge in [-0.3, -0.25) is 0 Å². The van der Waals surface area contributed by atoms with Gasteiger partial charge in [0.2, 0.25) is 0 Å². The zero-order chi connectivity index (χ0) is 9.19. The molecule has 0 spiro atoms. The Kier molecular flexibility index (Phi) is 2.25. The topological polar surface area (TPSA) is 95.2 Å². The number of nitrogens with two attached hydrogens (primary N) is 1. The van der Waals surface area contributed by atoms with Gasteiger partial charge in [0, 0.05) is 0 Å². The second-order valence-electron chi connectivity index (χ2n) is 1.95. The Balaban J connectivity index is 3.09. The molecule has 0 saturated heterocycles. The molecule has 1 rings (SSSR count). The average Bonchev–Trinajstić information content (AvgIpc) is 2.03. The Morgan fingerprint density at radius 1 is 1.42 bits per heavy atom. The van der Waals surface area contributed by atoms with Crippen LogP contribution in [0.1, 0.15) is 0 Å². The van der Waals surface area contributed by atoms with Gasteiger partial charge < -0.3 is 4.74 Å². The van der Waals surface area contributed by atoms with Crippen molar-refractivity contribution in [3.63, 3.8) is 0 Å². The number of ether oxygens (including phenoxy) is 1. The van der Waals surface area contributed by atoms with Crippen LogP contribution in [0.15, 0.2) is 17.6 Å². The van der Waals surface area contributed by atoms with Crippen molar-refractivity contribution in [1.82, 2.24) is 9.97 Å². The first kappa shape index (κ1) is 8.88. The third-order valence-electron chi connectivity index (χ3n) is 1.09. The molecular formula is C5H7N3O3S. The average molecular weight is 189 g/mol. The molecule has 0 aromatic carbocycles. The number of nitrogens with zero attached hydrogens (tertiary/aromatic N) is 2. The van der Waals surface area contributed by atoms with Crippen molar-refractivity contribution < 1.29 is 13.2 Å². The minimum absolute atomic E-state index is 0.377. The monoisotopic (exact) mass is 189 g/mol. The fourth-order valence-corrected chi connectivity index (χ4v) is 0.956. The predicted molar refractivity (Wildman–Crippen MR) is 40.0 cm³/mol. The van der Waals surface area contributed by atoms with E-state index in [4.69, 9.17) is 9.88 Å². The standard InChI is InChI=1S/C5H7N3O3S/c1-11-4-2-7-5(8-3-4)12(6,9)10/h2-3H,1H3,(H2,6,9,10). The minimum atomic E-state index is -3.81. The van der Waals surface area contributed by atoms with Crippen molar-refractivity contribution in [2.75, 3.05) is 7.11 Å². The van der Waals surface area contributed by atoms with E-state index in [-0.39, 0.29) is 0 Å². The molecule has 0 fully saturated rings. The molecule has 0 unspecified atom stereocenters.